The van der Waals surface area contributed by atoms with Gasteiger partial charge in [-0.05, 0) is 43.3 Å². The third-order valence-corrected chi connectivity index (χ3v) is 4.55. The van der Waals surface area contributed by atoms with E-state index in [4.69, 9.17) is 0 Å². The van der Waals surface area contributed by atoms with Crippen molar-refractivity contribution in [3.05, 3.63) is 58.3 Å². The Balaban J connectivity index is 2.36. The first-order chi connectivity index (χ1) is 8.90. The number of sulfonamides is 1. The van der Waals surface area contributed by atoms with Gasteiger partial charge in [-0.15, -0.1) is 0 Å². The zero-order chi connectivity index (χ0) is 14.0. The Hall–Kier alpha value is -1.40. The van der Waals surface area contributed by atoms with Crippen molar-refractivity contribution in [1.29, 1.82) is 0 Å². The Bertz CT molecular complexity index is 699. The van der Waals surface area contributed by atoms with Gasteiger partial charge in [0.15, 0.2) is 0 Å². The topological polar surface area (TPSA) is 46.2 Å². The Labute approximate surface area is 119 Å². The van der Waals surface area contributed by atoms with Crippen molar-refractivity contribution < 1.29 is 12.8 Å². The van der Waals surface area contributed by atoms with Gasteiger partial charge < -0.3 is 0 Å². The van der Waals surface area contributed by atoms with Crippen molar-refractivity contribution >= 4 is 31.6 Å². The summed E-state index contributed by atoms with van der Waals surface area (Å²) in [6, 6.07) is 10.5. The zero-order valence-corrected chi connectivity index (χ0v) is 12.4. The van der Waals surface area contributed by atoms with E-state index >= 15 is 0 Å². The first-order valence-electron chi connectivity index (χ1n) is 5.43. The molecule has 0 heterocycles. The number of benzene rings is 2. The lowest BCUT2D eigenvalue weighted by molar-refractivity contribution is 0.600. The van der Waals surface area contributed by atoms with Crippen LogP contribution in [0.1, 0.15) is 5.56 Å². The third kappa shape index (κ3) is 3.13. The van der Waals surface area contributed by atoms with Gasteiger partial charge in [-0.3, -0.25) is 4.72 Å². The van der Waals surface area contributed by atoms with Crippen molar-refractivity contribution in [2.75, 3.05) is 4.72 Å². The summed E-state index contributed by atoms with van der Waals surface area (Å²) in [5.74, 6) is -0.448. The Morgan fingerprint density at radius 2 is 1.74 bits per heavy atom. The normalized spacial score (nSPS) is 11.3. The van der Waals surface area contributed by atoms with Crippen LogP contribution in [0.4, 0.5) is 10.1 Å². The summed E-state index contributed by atoms with van der Waals surface area (Å²) in [5, 5.41) is 0. The molecule has 1 N–H and O–H groups in total. The Morgan fingerprint density at radius 3 is 2.37 bits per heavy atom. The van der Waals surface area contributed by atoms with Gasteiger partial charge in [0.25, 0.3) is 10.0 Å². The molecule has 0 amide bonds. The zero-order valence-electron chi connectivity index (χ0n) is 10.0. The van der Waals surface area contributed by atoms with Crippen molar-refractivity contribution in [2.24, 2.45) is 0 Å². The van der Waals surface area contributed by atoms with E-state index in [1.54, 1.807) is 12.1 Å². The molecule has 0 atom stereocenters. The molecular formula is C13H11BrFNO2S. The first-order valence-corrected chi connectivity index (χ1v) is 7.71. The van der Waals surface area contributed by atoms with E-state index in [1.165, 1.54) is 37.3 Å². The quantitative estimate of drug-likeness (QED) is 0.923. The van der Waals surface area contributed by atoms with Crippen LogP contribution in [-0.2, 0) is 10.0 Å². The van der Waals surface area contributed by atoms with E-state index < -0.39 is 15.8 Å². The minimum atomic E-state index is -3.71. The summed E-state index contributed by atoms with van der Waals surface area (Å²) in [4.78, 5) is 0.124. The van der Waals surface area contributed by atoms with Crippen LogP contribution < -0.4 is 4.72 Å². The fourth-order valence-corrected chi connectivity index (χ4v) is 2.92. The van der Waals surface area contributed by atoms with Crippen LogP contribution in [0.3, 0.4) is 0 Å². The monoisotopic (exact) mass is 343 g/mol. The number of hydrogen-bond acceptors (Lipinski definition) is 2. The molecule has 0 aliphatic carbocycles. The molecule has 0 aliphatic rings. The molecule has 2 rings (SSSR count). The smallest absolute Gasteiger partial charge is 0.261 e. The van der Waals surface area contributed by atoms with Gasteiger partial charge in [0.05, 0.1) is 10.6 Å². The van der Waals surface area contributed by atoms with E-state index in [1.807, 2.05) is 0 Å². The summed E-state index contributed by atoms with van der Waals surface area (Å²) >= 11 is 3.24. The molecule has 6 heteroatoms. The lowest BCUT2D eigenvalue weighted by Gasteiger charge is -2.11. The van der Waals surface area contributed by atoms with Gasteiger partial charge >= 0.3 is 0 Å². The van der Waals surface area contributed by atoms with Gasteiger partial charge in [0.2, 0.25) is 0 Å². The molecule has 0 radical (unpaired) electrons. The molecule has 0 unspecified atom stereocenters. The van der Waals surface area contributed by atoms with Gasteiger partial charge in [0, 0.05) is 10.0 Å². The molecule has 0 saturated carbocycles. The standard InChI is InChI=1S/C13H11BrFNO2S/c1-9-12(15)3-2-4-13(9)16-19(17,18)11-7-5-10(14)6-8-11/h2-8,16H,1H3. The second-order valence-corrected chi connectivity index (χ2v) is 6.57. The molecule has 0 aromatic heterocycles. The summed E-state index contributed by atoms with van der Waals surface area (Å²) in [5.41, 5.74) is 0.506. The van der Waals surface area contributed by atoms with E-state index in [-0.39, 0.29) is 16.1 Å². The maximum absolute atomic E-state index is 13.4. The van der Waals surface area contributed by atoms with Gasteiger partial charge in [-0.25, -0.2) is 12.8 Å². The maximum atomic E-state index is 13.4. The molecule has 2 aromatic carbocycles. The fraction of sp³-hybridized carbons (Fsp3) is 0.0769. The van der Waals surface area contributed by atoms with Crippen molar-refractivity contribution in [2.45, 2.75) is 11.8 Å². The predicted molar refractivity (Wildman–Crippen MR) is 76.1 cm³/mol. The van der Waals surface area contributed by atoms with Gasteiger partial charge in [0.1, 0.15) is 5.82 Å². The number of rotatable bonds is 3. The molecule has 0 aliphatic heterocycles. The second-order valence-electron chi connectivity index (χ2n) is 3.97. The minimum Gasteiger partial charge on any atom is -0.279 e. The van der Waals surface area contributed by atoms with Crippen LogP contribution >= 0.6 is 15.9 Å². The van der Waals surface area contributed by atoms with Gasteiger partial charge in [-0.2, -0.15) is 0 Å². The minimum absolute atomic E-state index is 0.124. The summed E-state index contributed by atoms with van der Waals surface area (Å²) in [6.45, 7) is 1.52. The lowest BCUT2D eigenvalue weighted by Crippen LogP contribution is -2.14. The largest absolute Gasteiger partial charge is 0.279 e. The Morgan fingerprint density at radius 1 is 1.11 bits per heavy atom. The molecule has 2 aromatic rings. The van der Waals surface area contributed by atoms with Crippen LogP contribution in [0, 0.1) is 12.7 Å². The molecule has 0 bridgehead atoms. The Kier molecular flexibility index (Phi) is 3.91. The molecule has 0 saturated heterocycles. The number of halogens is 2. The average molecular weight is 344 g/mol. The van der Waals surface area contributed by atoms with Crippen LogP contribution in [0.15, 0.2) is 51.8 Å². The van der Waals surface area contributed by atoms with Crippen LogP contribution in [0.5, 0.6) is 0 Å². The maximum Gasteiger partial charge on any atom is 0.261 e. The second kappa shape index (κ2) is 5.30. The highest BCUT2D eigenvalue weighted by molar-refractivity contribution is 9.10. The third-order valence-electron chi connectivity index (χ3n) is 2.64. The highest BCUT2D eigenvalue weighted by Crippen LogP contribution is 2.22. The molecular weight excluding hydrogens is 333 g/mol. The number of nitrogens with one attached hydrogen (secondary N) is 1. The summed E-state index contributed by atoms with van der Waals surface area (Å²) in [6.07, 6.45) is 0. The fourth-order valence-electron chi connectivity index (χ4n) is 1.54. The molecule has 0 fully saturated rings. The molecule has 100 valence electrons. The van der Waals surface area contributed by atoms with E-state index in [0.29, 0.717) is 0 Å². The lowest BCUT2D eigenvalue weighted by atomic mass is 10.2. The summed E-state index contributed by atoms with van der Waals surface area (Å²) < 4.78 is 40.8. The molecule has 19 heavy (non-hydrogen) atoms. The van der Waals surface area contributed by atoms with Gasteiger partial charge in [-0.1, -0.05) is 22.0 Å². The van der Waals surface area contributed by atoms with Crippen molar-refractivity contribution in [1.82, 2.24) is 0 Å². The van der Waals surface area contributed by atoms with E-state index in [9.17, 15) is 12.8 Å². The molecule has 0 spiro atoms. The van der Waals surface area contributed by atoms with Crippen LogP contribution in [0.2, 0.25) is 0 Å². The number of hydrogen-bond donors (Lipinski definition) is 1. The van der Waals surface area contributed by atoms with Crippen LogP contribution in [-0.4, -0.2) is 8.42 Å². The SMILES string of the molecule is Cc1c(F)cccc1NS(=O)(=O)c1ccc(Br)cc1. The predicted octanol–water partition coefficient (Wildman–Crippen LogP) is 3.70. The first kappa shape index (κ1) is 14.0. The van der Waals surface area contributed by atoms with Crippen molar-refractivity contribution in [3.8, 4) is 0 Å². The van der Waals surface area contributed by atoms with Crippen molar-refractivity contribution in [3.63, 3.8) is 0 Å². The molecule has 3 nitrogen and oxygen atoms in total. The van der Waals surface area contributed by atoms with E-state index in [2.05, 4.69) is 20.7 Å². The van der Waals surface area contributed by atoms with Crippen LogP contribution in [0.25, 0.3) is 0 Å². The number of anilines is 1. The average Bonchev–Trinajstić information content (AvgIpc) is 2.35. The highest BCUT2D eigenvalue weighted by Gasteiger charge is 2.15. The highest BCUT2D eigenvalue weighted by atomic mass is 79.9. The summed E-state index contributed by atoms with van der Waals surface area (Å²) in [7, 11) is -3.71. The van der Waals surface area contributed by atoms with E-state index in [0.717, 1.165) is 4.47 Å².